The first kappa shape index (κ1) is 10.5. The predicted molar refractivity (Wildman–Crippen MR) is 63.4 cm³/mol. The summed E-state index contributed by atoms with van der Waals surface area (Å²) in [6.07, 6.45) is 6.09. The summed E-state index contributed by atoms with van der Waals surface area (Å²) < 4.78 is 14.5. The van der Waals surface area contributed by atoms with Crippen molar-refractivity contribution < 1.29 is 4.39 Å². The van der Waals surface area contributed by atoms with Crippen LogP contribution in [-0.2, 0) is 0 Å². The molecule has 5 heteroatoms. The van der Waals surface area contributed by atoms with E-state index in [1.54, 1.807) is 6.07 Å². The molecular weight excluding hydrogens is 219 g/mol. The second kappa shape index (κ2) is 3.68. The van der Waals surface area contributed by atoms with Crippen LogP contribution in [0, 0.1) is 5.82 Å². The summed E-state index contributed by atoms with van der Waals surface area (Å²) in [6.45, 7) is 2.19. The smallest absolute Gasteiger partial charge is 0.243 e. The summed E-state index contributed by atoms with van der Waals surface area (Å²) in [7, 11) is 0. The molecule has 0 aromatic carbocycles. The van der Waals surface area contributed by atoms with E-state index >= 15 is 0 Å². The number of nitrogens with one attached hydrogen (secondary N) is 1. The standard InChI is InChI=1S/C12H15FN4/c1-12(6-2-3-7-12)15-11-14-10-5-4-9(13)8-17(10)16-11/h4-5,8H,2-3,6-7H2,1H3,(H,15,16). The van der Waals surface area contributed by atoms with Crippen molar-refractivity contribution in [3.63, 3.8) is 0 Å². The molecular formula is C12H15FN4. The lowest BCUT2D eigenvalue weighted by Gasteiger charge is -2.23. The summed E-state index contributed by atoms with van der Waals surface area (Å²) >= 11 is 0. The molecule has 1 aliphatic rings. The molecule has 0 aliphatic heterocycles. The Morgan fingerprint density at radius 1 is 1.35 bits per heavy atom. The van der Waals surface area contributed by atoms with Gasteiger partial charge in [-0.15, -0.1) is 5.10 Å². The molecule has 3 rings (SSSR count). The van der Waals surface area contributed by atoms with Gasteiger partial charge in [0.15, 0.2) is 5.65 Å². The first-order valence-corrected chi connectivity index (χ1v) is 5.95. The molecule has 1 aliphatic carbocycles. The Kier molecular flexibility index (Phi) is 2.28. The van der Waals surface area contributed by atoms with E-state index in [1.807, 2.05) is 0 Å². The van der Waals surface area contributed by atoms with Crippen molar-refractivity contribution in [2.75, 3.05) is 5.32 Å². The number of pyridine rings is 1. The Hall–Kier alpha value is -1.65. The molecule has 4 nitrogen and oxygen atoms in total. The fourth-order valence-electron chi connectivity index (χ4n) is 2.46. The molecule has 0 spiro atoms. The molecule has 0 unspecified atom stereocenters. The molecule has 1 saturated carbocycles. The number of halogens is 1. The second-order valence-corrected chi connectivity index (χ2v) is 4.98. The molecule has 0 amide bonds. The number of aromatic nitrogens is 3. The first-order chi connectivity index (χ1) is 8.15. The molecule has 2 aromatic heterocycles. The van der Waals surface area contributed by atoms with Crippen LogP contribution in [0.3, 0.4) is 0 Å². The zero-order valence-electron chi connectivity index (χ0n) is 9.78. The summed E-state index contributed by atoms with van der Waals surface area (Å²) in [6, 6.07) is 3.02. The van der Waals surface area contributed by atoms with Crippen molar-refractivity contribution in [1.82, 2.24) is 14.6 Å². The quantitative estimate of drug-likeness (QED) is 0.868. The van der Waals surface area contributed by atoms with Crippen molar-refractivity contribution >= 4 is 11.6 Å². The lowest BCUT2D eigenvalue weighted by atomic mass is 10.0. The molecule has 2 aromatic rings. The minimum atomic E-state index is -0.305. The second-order valence-electron chi connectivity index (χ2n) is 4.98. The van der Waals surface area contributed by atoms with Crippen molar-refractivity contribution in [1.29, 1.82) is 0 Å². The van der Waals surface area contributed by atoms with Gasteiger partial charge < -0.3 is 5.32 Å². The zero-order valence-corrected chi connectivity index (χ0v) is 9.78. The average molecular weight is 234 g/mol. The largest absolute Gasteiger partial charge is 0.348 e. The van der Waals surface area contributed by atoms with E-state index in [1.165, 1.54) is 29.6 Å². The van der Waals surface area contributed by atoms with Crippen molar-refractivity contribution in [2.45, 2.75) is 38.1 Å². The minimum absolute atomic E-state index is 0.0868. The van der Waals surface area contributed by atoms with Crippen LogP contribution in [0.2, 0.25) is 0 Å². The van der Waals surface area contributed by atoms with Gasteiger partial charge in [0.2, 0.25) is 5.95 Å². The summed E-state index contributed by atoms with van der Waals surface area (Å²) in [4.78, 5) is 4.34. The maximum absolute atomic E-state index is 13.0. The van der Waals surface area contributed by atoms with Gasteiger partial charge in [-0.25, -0.2) is 8.91 Å². The Morgan fingerprint density at radius 3 is 2.88 bits per heavy atom. The molecule has 90 valence electrons. The Labute approximate surface area is 98.9 Å². The highest BCUT2D eigenvalue weighted by molar-refractivity contribution is 5.44. The first-order valence-electron chi connectivity index (χ1n) is 5.95. The monoisotopic (exact) mass is 234 g/mol. The maximum atomic E-state index is 13.0. The number of hydrogen-bond acceptors (Lipinski definition) is 3. The molecule has 17 heavy (non-hydrogen) atoms. The average Bonchev–Trinajstić information content (AvgIpc) is 2.84. The van der Waals surface area contributed by atoms with Crippen LogP contribution in [-0.4, -0.2) is 20.1 Å². The summed E-state index contributed by atoms with van der Waals surface area (Å²) in [5.74, 6) is 0.279. The van der Waals surface area contributed by atoms with Gasteiger partial charge in [0.05, 0.1) is 6.20 Å². The predicted octanol–water partition coefficient (Wildman–Crippen LogP) is 2.61. The van der Waals surface area contributed by atoms with E-state index in [9.17, 15) is 4.39 Å². The zero-order chi connectivity index (χ0) is 11.9. The van der Waals surface area contributed by atoms with Gasteiger partial charge in [0, 0.05) is 5.54 Å². The number of hydrogen-bond donors (Lipinski definition) is 1. The Bertz CT molecular complexity index is 542. The number of fused-ring (bicyclic) bond motifs is 1. The normalized spacial score (nSPS) is 18.7. The third-order valence-electron chi connectivity index (χ3n) is 3.42. The lowest BCUT2D eigenvalue weighted by molar-refractivity contribution is 0.528. The Morgan fingerprint density at radius 2 is 2.12 bits per heavy atom. The molecule has 0 radical (unpaired) electrons. The van der Waals surface area contributed by atoms with E-state index in [2.05, 4.69) is 22.3 Å². The number of nitrogens with zero attached hydrogens (tertiary/aromatic N) is 3. The molecule has 1 N–H and O–H groups in total. The molecule has 2 heterocycles. The van der Waals surface area contributed by atoms with E-state index in [0.29, 0.717) is 11.6 Å². The fraction of sp³-hybridized carbons (Fsp3) is 0.500. The van der Waals surface area contributed by atoms with Crippen LogP contribution in [0.1, 0.15) is 32.6 Å². The lowest BCUT2D eigenvalue weighted by Crippen LogP contribution is -2.31. The van der Waals surface area contributed by atoms with Crippen LogP contribution in [0.25, 0.3) is 5.65 Å². The SMILES string of the molecule is CC1(Nc2nc3ccc(F)cn3n2)CCCC1. The third kappa shape index (κ3) is 1.97. The topological polar surface area (TPSA) is 42.2 Å². The van der Waals surface area contributed by atoms with Gasteiger partial charge >= 0.3 is 0 Å². The molecule has 1 fully saturated rings. The van der Waals surface area contributed by atoms with E-state index in [0.717, 1.165) is 12.8 Å². The maximum Gasteiger partial charge on any atom is 0.243 e. The number of rotatable bonds is 2. The van der Waals surface area contributed by atoms with Crippen LogP contribution in [0.5, 0.6) is 0 Å². The van der Waals surface area contributed by atoms with Gasteiger partial charge in [-0.3, -0.25) is 0 Å². The molecule has 0 atom stereocenters. The number of anilines is 1. The van der Waals surface area contributed by atoms with Gasteiger partial charge in [0.1, 0.15) is 5.82 Å². The van der Waals surface area contributed by atoms with Crippen LogP contribution >= 0.6 is 0 Å². The highest BCUT2D eigenvalue weighted by Gasteiger charge is 2.29. The summed E-state index contributed by atoms with van der Waals surface area (Å²) in [5, 5.41) is 7.60. The summed E-state index contributed by atoms with van der Waals surface area (Å²) in [5.41, 5.74) is 0.749. The van der Waals surface area contributed by atoms with Crippen molar-refractivity contribution in [2.24, 2.45) is 0 Å². The highest BCUT2D eigenvalue weighted by Crippen LogP contribution is 2.31. The van der Waals surface area contributed by atoms with Gasteiger partial charge in [-0.05, 0) is 31.9 Å². The van der Waals surface area contributed by atoms with Gasteiger partial charge in [-0.2, -0.15) is 4.98 Å². The minimum Gasteiger partial charge on any atom is -0.348 e. The fourth-order valence-corrected chi connectivity index (χ4v) is 2.46. The van der Waals surface area contributed by atoms with Crippen molar-refractivity contribution in [3.05, 3.63) is 24.1 Å². The molecule has 0 bridgehead atoms. The van der Waals surface area contributed by atoms with Crippen LogP contribution in [0.4, 0.5) is 10.3 Å². The van der Waals surface area contributed by atoms with Crippen molar-refractivity contribution in [3.8, 4) is 0 Å². The van der Waals surface area contributed by atoms with E-state index < -0.39 is 0 Å². The molecule has 0 saturated heterocycles. The van der Waals surface area contributed by atoms with Gasteiger partial charge in [-0.1, -0.05) is 12.8 Å². The van der Waals surface area contributed by atoms with Crippen LogP contribution in [0.15, 0.2) is 18.3 Å². The van der Waals surface area contributed by atoms with E-state index in [-0.39, 0.29) is 11.4 Å². The Balaban J connectivity index is 1.90. The van der Waals surface area contributed by atoms with Crippen LogP contribution < -0.4 is 5.32 Å². The third-order valence-corrected chi connectivity index (χ3v) is 3.42. The highest BCUT2D eigenvalue weighted by atomic mass is 19.1. The van der Waals surface area contributed by atoms with Gasteiger partial charge in [0.25, 0.3) is 0 Å². The van der Waals surface area contributed by atoms with E-state index in [4.69, 9.17) is 0 Å².